The molecular formula is C16H21BN4O2S. The van der Waals surface area contributed by atoms with E-state index in [1.807, 2.05) is 25.1 Å². The molecule has 0 bridgehead atoms. The largest absolute Gasteiger partial charge is 0.492 e. The second kappa shape index (κ2) is 7.50. The summed E-state index contributed by atoms with van der Waals surface area (Å²) in [6, 6.07) is 5.86. The van der Waals surface area contributed by atoms with Gasteiger partial charge in [0.1, 0.15) is 12.4 Å². The number of aromatic nitrogens is 1. The van der Waals surface area contributed by atoms with E-state index in [0.717, 1.165) is 40.6 Å². The fourth-order valence-electron chi connectivity index (χ4n) is 2.85. The van der Waals surface area contributed by atoms with E-state index >= 15 is 0 Å². The van der Waals surface area contributed by atoms with Crippen LogP contribution in [0.3, 0.4) is 0 Å². The normalized spacial score (nSPS) is 17.2. The first kappa shape index (κ1) is 17.2. The summed E-state index contributed by atoms with van der Waals surface area (Å²) in [6.07, 6.45) is 0. The number of thiazole rings is 1. The first-order valence-corrected chi connectivity index (χ1v) is 8.85. The highest BCUT2D eigenvalue weighted by Crippen LogP contribution is 2.25. The minimum Gasteiger partial charge on any atom is -0.492 e. The summed E-state index contributed by atoms with van der Waals surface area (Å²) in [5, 5.41) is 1.05. The van der Waals surface area contributed by atoms with E-state index in [1.54, 1.807) is 16.2 Å². The molecule has 0 spiro atoms. The van der Waals surface area contributed by atoms with Gasteiger partial charge in [0.2, 0.25) is 7.85 Å². The zero-order valence-corrected chi connectivity index (χ0v) is 14.6. The zero-order valence-electron chi connectivity index (χ0n) is 13.8. The lowest BCUT2D eigenvalue weighted by Crippen LogP contribution is -2.52. The van der Waals surface area contributed by atoms with Gasteiger partial charge in [-0.15, -0.1) is 11.3 Å². The lowest BCUT2D eigenvalue weighted by atomic mass is 10.1. The van der Waals surface area contributed by atoms with E-state index in [1.165, 1.54) is 0 Å². The molecule has 126 valence electrons. The Hall–Kier alpha value is -1.64. The Kier molecular flexibility index (Phi) is 5.38. The SMILES string of the molecule is [B]C(=O)N1CCN(CC(N)COc2ccc3sc(C)nc3c2)CC1. The first-order valence-electron chi connectivity index (χ1n) is 8.03. The van der Waals surface area contributed by atoms with Crippen LogP contribution in [0.4, 0.5) is 4.79 Å². The molecule has 2 aromatic rings. The quantitative estimate of drug-likeness (QED) is 0.826. The Bertz CT molecular complexity index is 715. The number of benzene rings is 1. The number of amides is 1. The van der Waals surface area contributed by atoms with Crippen molar-refractivity contribution in [2.75, 3.05) is 39.3 Å². The Morgan fingerprint density at radius 3 is 2.88 bits per heavy atom. The fourth-order valence-corrected chi connectivity index (χ4v) is 3.66. The van der Waals surface area contributed by atoms with Gasteiger partial charge in [-0.3, -0.25) is 9.69 Å². The number of rotatable bonds is 5. The van der Waals surface area contributed by atoms with Gasteiger partial charge in [0, 0.05) is 38.8 Å². The predicted octanol–water partition coefficient (Wildman–Crippen LogP) is 1.22. The van der Waals surface area contributed by atoms with E-state index in [2.05, 4.69) is 9.88 Å². The molecule has 2 radical (unpaired) electrons. The van der Waals surface area contributed by atoms with Crippen molar-refractivity contribution in [3.63, 3.8) is 0 Å². The van der Waals surface area contributed by atoms with Gasteiger partial charge in [-0.25, -0.2) is 4.98 Å². The Morgan fingerprint density at radius 2 is 2.17 bits per heavy atom. The van der Waals surface area contributed by atoms with Gasteiger partial charge in [0.15, 0.2) is 5.81 Å². The van der Waals surface area contributed by atoms with Gasteiger partial charge < -0.3 is 15.4 Å². The number of fused-ring (bicyclic) bond motifs is 1. The topological polar surface area (TPSA) is 71.7 Å². The zero-order chi connectivity index (χ0) is 17.1. The van der Waals surface area contributed by atoms with E-state index in [4.69, 9.17) is 18.3 Å². The van der Waals surface area contributed by atoms with Crippen LogP contribution < -0.4 is 10.5 Å². The molecule has 1 atom stereocenters. The average Bonchev–Trinajstić information content (AvgIpc) is 2.92. The molecule has 3 rings (SSSR count). The Morgan fingerprint density at radius 1 is 1.42 bits per heavy atom. The van der Waals surface area contributed by atoms with Gasteiger partial charge in [0.05, 0.1) is 21.3 Å². The molecule has 2 heterocycles. The first-order chi connectivity index (χ1) is 11.5. The molecule has 1 aliphatic heterocycles. The van der Waals surface area contributed by atoms with Crippen molar-refractivity contribution >= 4 is 35.2 Å². The monoisotopic (exact) mass is 344 g/mol. The summed E-state index contributed by atoms with van der Waals surface area (Å²) >= 11 is 1.68. The van der Waals surface area contributed by atoms with E-state index in [0.29, 0.717) is 19.7 Å². The second-order valence-corrected chi connectivity index (χ2v) is 7.29. The molecule has 1 amide bonds. The number of nitrogens with zero attached hydrogens (tertiary/aromatic N) is 3. The maximum Gasteiger partial charge on any atom is 0.200 e. The van der Waals surface area contributed by atoms with E-state index in [9.17, 15) is 4.79 Å². The summed E-state index contributed by atoms with van der Waals surface area (Å²) in [6.45, 7) is 6.08. The molecule has 0 saturated carbocycles. The van der Waals surface area contributed by atoms with Crippen LogP contribution in [-0.4, -0.2) is 73.8 Å². The lowest BCUT2D eigenvalue weighted by molar-refractivity contribution is 0.139. The molecule has 8 heteroatoms. The van der Waals surface area contributed by atoms with Crippen LogP contribution in [0.25, 0.3) is 10.2 Å². The third-order valence-electron chi connectivity index (χ3n) is 4.11. The number of carbonyl (C=O) groups is 1. The van der Waals surface area contributed by atoms with Crippen molar-refractivity contribution in [2.24, 2.45) is 5.73 Å². The molecular weight excluding hydrogens is 323 g/mol. The Balaban J connectivity index is 1.46. The van der Waals surface area contributed by atoms with Gasteiger partial charge >= 0.3 is 0 Å². The molecule has 1 aromatic carbocycles. The third kappa shape index (κ3) is 4.26. The molecule has 1 fully saturated rings. The standard InChI is InChI=1S/C16H21BN4O2S/c1-11-19-14-8-13(2-3-15(14)24-11)23-10-12(18)9-20-4-6-21(7-5-20)16(17)22/h2-3,8,12H,4-7,9-10,18H2,1H3. The number of nitrogens with two attached hydrogens (primary N) is 1. The fraction of sp³-hybridized carbons (Fsp3) is 0.500. The van der Waals surface area contributed by atoms with E-state index in [-0.39, 0.29) is 11.8 Å². The lowest BCUT2D eigenvalue weighted by Gasteiger charge is -2.35. The predicted molar refractivity (Wildman–Crippen MR) is 97.0 cm³/mol. The van der Waals surface area contributed by atoms with Crippen LogP contribution >= 0.6 is 11.3 Å². The van der Waals surface area contributed by atoms with Crippen molar-refractivity contribution in [3.05, 3.63) is 23.2 Å². The summed E-state index contributed by atoms with van der Waals surface area (Å²) in [5.41, 5.74) is 7.14. The number of hydrogen-bond acceptors (Lipinski definition) is 6. The average molecular weight is 344 g/mol. The summed E-state index contributed by atoms with van der Waals surface area (Å²) in [5.74, 6) is 0.441. The van der Waals surface area contributed by atoms with Crippen molar-refractivity contribution in [3.8, 4) is 5.75 Å². The molecule has 1 saturated heterocycles. The van der Waals surface area contributed by atoms with Crippen LogP contribution in [-0.2, 0) is 0 Å². The van der Waals surface area contributed by atoms with Crippen LogP contribution in [0.1, 0.15) is 5.01 Å². The highest BCUT2D eigenvalue weighted by molar-refractivity contribution is 7.18. The van der Waals surface area contributed by atoms with Gasteiger partial charge in [-0.1, -0.05) is 0 Å². The van der Waals surface area contributed by atoms with Crippen LogP contribution in [0.5, 0.6) is 5.75 Å². The molecule has 1 aliphatic rings. The van der Waals surface area contributed by atoms with Crippen LogP contribution in [0.15, 0.2) is 18.2 Å². The summed E-state index contributed by atoms with van der Waals surface area (Å²) < 4.78 is 6.98. The second-order valence-electron chi connectivity index (χ2n) is 6.06. The number of carbonyl (C=O) groups excluding carboxylic acids is 1. The maximum atomic E-state index is 11.1. The van der Waals surface area contributed by atoms with Crippen LogP contribution in [0, 0.1) is 6.92 Å². The third-order valence-corrected chi connectivity index (χ3v) is 5.06. The molecule has 0 aliphatic carbocycles. The molecule has 24 heavy (non-hydrogen) atoms. The van der Waals surface area contributed by atoms with Crippen molar-refractivity contribution in [1.82, 2.24) is 14.8 Å². The highest BCUT2D eigenvalue weighted by Gasteiger charge is 2.20. The van der Waals surface area contributed by atoms with Crippen molar-refractivity contribution in [2.45, 2.75) is 13.0 Å². The Labute approximate surface area is 147 Å². The number of piperazine rings is 1. The maximum absolute atomic E-state index is 11.1. The molecule has 2 N–H and O–H groups in total. The number of ether oxygens (including phenoxy) is 1. The van der Waals surface area contributed by atoms with Gasteiger partial charge in [0.25, 0.3) is 0 Å². The summed E-state index contributed by atoms with van der Waals surface area (Å²) in [4.78, 5) is 19.5. The van der Waals surface area contributed by atoms with E-state index < -0.39 is 0 Å². The molecule has 6 nitrogen and oxygen atoms in total. The summed E-state index contributed by atoms with van der Waals surface area (Å²) in [7, 11) is 5.29. The highest BCUT2D eigenvalue weighted by atomic mass is 32.1. The minimum atomic E-state index is -0.352. The number of hydrogen-bond donors (Lipinski definition) is 1. The van der Waals surface area contributed by atoms with Crippen molar-refractivity contribution in [1.29, 1.82) is 0 Å². The van der Waals surface area contributed by atoms with Gasteiger partial charge in [-0.05, 0) is 19.1 Å². The van der Waals surface area contributed by atoms with Gasteiger partial charge in [-0.2, -0.15) is 0 Å². The minimum absolute atomic E-state index is 0.0852. The van der Waals surface area contributed by atoms with Crippen molar-refractivity contribution < 1.29 is 9.53 Å². The van der Waals surface area contributed by atoms with Crippen LogP contribution in [0.2, 0.25) is 0 Å². The smallest absolute Gasteiger partial charge is 0.200 e. The molecule has 1 unspecified atom stereocenters. The number of aryl methyl sites for hydroxylation is 1. The molecule has 1 aromatic heterocycles.